The molecule has 4 nitrogen and oxygen atoms in total. The molecule has 0 radical (unpaired) electrons. The standard InChI is InChI=1S/C15H26N4/c1-4-9-16-15-17-12(2)11-14(18-15)19-10-7-5-6-8-13(19)3/h11,13H,4-10H2,1-3H3,(H,16,17,18). The van der Waals surface area contributed by atoms with Crippen molar-refractivity contribution in [2.24, 2.45) is 0 Å². The summed E-state index contributed by atoms with van der Waals surface area (Å²) in [6.07, 6.45) is 6.30. The highest BCUT2D eigenvalue weighted by Gasteiger charge is 2.19. The first kappa shape index (κ1) is 14.1. The minimum absolute atomic E-state index is 0.579. The molecule has 106 valence electrons. The van der Waals surface area contributed by atoms with E-state index in [0.717, 1.165) is 37.0 Å². The summed E-state index contributed by atoms with van der Waals surface area (Å²) >= 11 is 0. The van der Waals surface area contributed by atoms with Crippen molar-refractivity contribution in [2.45, 2.75) is 58.9 Å². The van der Waals surface area contributed by atoms with Gasteiger partial charge < -0.3 is 10.2 Å². The van der Waals surface area contributed by atoms with Gasteiger partial charge in [0.2, 0.25) is 5.95 Å². The Morgan fingerprint density at radius 3 is 2.95 bits per heavy atom. The van der Waals surface area contributed by atoms with Crippen molar-refractivity contribution in [3.8, 4) is 0 Å². The number of nitrogens with zero attached hydrogens (tertiary/aromatic N) is 3. The lowest BCUT2D eigenvalue weighted by Crippen LogP contribution is -2.33. The van der Waals surface area contributed by atoms with Crippen LogP contribution in [0.25, 0.3) is 0 Å². The molecular weight excluding hydrogens is 236 g/mol. The van der Waals surface area contributed by atoms with Crippen LogP contribution in [-0.2, 0) is 0 Å². The molecule has 0 aliphatic carbocycles. The summed E-state index contributed by atoms with van der Waals surface area (Å²) in [6.45, 7) is 8.55. The lowest BCUT2D eigenvalue weighted by Gasteiger charge is -2.28. The van der Waals surface area contributed by atoms with Gasteiger partial charge in [-0.05, 0) is 33.1 Å². The molecule has 0 bridgehead atoms. The van der Waals surface area contributed by atoms with E-state index in [4.69, 9.17) is 4.98 Å². The number of aryl methyl sites for hydroxylation is 1. The minimum atomic E-state index is 0.579. The van der Waals surface area contributed by atoms with Crippen LogP contribution in [0.4, 0.5) is 11.8 Å². The largest absolute Gasteiger partial charge is 0.354 e. The van der Waals surface area contributed by atoms with Crippen molar-refractivity contribution >= 4 is 11.8 Å². The zero-order valence-electron chi connectivity index (χ0n) is 12.4. The summed E-state index contributed by atoms with van der Waals surface area (Å²) in [6, 6.07) is 2.69. The molecule has 0 amide bonds. The summed E-state index contributed by atoms with van der Waals surface area (Å²) in [4.78, 5) is 11.6. The maximum Gasteiger partial charge on any atom is 0.224 e. The lowest BCUT2D eigenvalue weighted by atomic mass is 10.1. The molecule has 1 saturated heterocycles. The van der Waals surface area contributed by atoms with Crippen molar-refractivity contribution in [1.82, 2.24) is 9.97 Å². The maximum atomic E-state index is 4.69. The molecule has 1 fully saturated rings. The number of anilines is 2. The molecule has 1 aromatic rings. The van der Waals surface area contributed by atoms with E-state index < -0.39 is 0 Å². The van der Waals surface area contributed by atoms with Crippen LogP contribution in [0.3, 0.4) is 0 Å². The van der Waals surface area contributed by atoms with Gasteiger partial charge >= 0.3 is 0 Å². The summed E-state index contributed by atoms with van der Waals surface area (Å²) in [7, 11) is 0. The zero-order chi connectivity index (χ0) is 13.7. The van der Waals surface area contributed by atoms with Crippen LogP contribution in [0.1, 0.15) is 51.6 Å². The summed E-state index contributed by atoms with van der Waals surface area (Å²) in [5.74, 6) is 1.86. The second-order valence-electron chi connectivity index (χ2n) is 5.51. The summed E-state index contributed by atoms with van der Waals surface area (Å²) in [5.41, 5.74) is 1.04. The smallest absolute Gasteiger partial charge is 0.224 e. The molecule has 1 aliphatic heterocycles. The fourth-order valence-corrected chi connectivity index (χ4v) is 2.63. The van der Waals surface area contributed by atoms with Crippen LogP contribution in [-0.4, -0.2) is 29.1 Å². The van der Waals surface area contributed by atoms with Crippen molar-refractivity contribution in [1.29, 1.82) is 0 Å². The van der Waals surface area contributed by atoms with E-state index in [0.29, 0.717) is 6.04 Å². The molecule has 1 aliphatic rings. The molecule has 2 rings (SSSR count). The monoisotopic (exact) mass is 262 g/mol. The van der Waals surface area contributed by atoms with Gasteiger partial charge in [0.25, 0.3) is 0 Å². The van der Waals surface area contributed by atoms with Gasteiger partial charge in [0, 0.05) is 30.9 Å². The minimum Gasteiger partial charge on any atom is -0.354 e. The van der Waals surface area contributed by atoms with Crippen molar-refractivity contribution < 1.29 is 0 Å². The molecule has 0 spiro atoms. The third-order valence-corrected chi connectivity index (χ3v) is 3.72. The molecule has 1 unspecified atom stereocenters. The molecule has 19 heavy (non-hydrogen) atoms. The number of nitrogens with one attached hydrogen (secondary N) is 1. The molecule has 0 aromatic carbocycles. The predicted octanol–water partition coefficient (Wildman–Crippen LogP) is 3.38. The van der Waals surface area contributed by atoms with Gasteiger partial charge in [0.05, 0.1) is 0 Å². The van der Waals surface area contributed by atoms with Crippen molar-refractivity contribution in [3.05, 3.63) is 11.8 Å². The number of hydrogen-bond donors (Lipinski definition) is 1. The highest BCUT2D eigenvalue weighted by atomic mass is 15.2. The third kappa shape index (κ3) is 3.82. The van der Waals surface area contributed by atoms with Gasteiger partial charge in [-0.1, -0.05) is 19.8 Å². The molecule has 1 atom stereocenters. The Labute approximate surface area is 116 Å². The SMILES string of the molecule is CCCNc1nc(C)cc(N2CCCCCC2C)n1. The van der Waals surface area contributed by atoms with E-state index in [2.05, 4.69) is 35.1 Å². The van der Waals surface area contributed by atoms with Gasteiger partial charge in [0.1, 0.15) is 5.82 Å². The zero-order valence-corrected chi connectivity index (χ0v) is 12.4. The lowest BCUT2D eigenvalue weighted by molar-refractivity contribution is 0.610. The predicted molar refractivity (Wildman–Crippen MR) is 80.8 cm³/mol. The number of aromatic nitrogens is 2. The van der Waals surface area contributed by atoms with Crippen LogP contribution in [0.5, 0.6) is 0 Å². The molecule has 1 N–H and O–H groups in total. The van der Waals surface area contributed by atoms with Gasteiger partial charge in [-0.25, -0.2) is 4.98 Å². The Morgan fingerprint density at radius 1 is 1.32 bits per heavy atom. The van der Waals surface area contributed by atoms with E-state index in [1.807, 2.05) is 6.92 Å². The Morgan fingerprint density at radius 2 is 2.16 bits per heavy atom. The first-order chi connectivity index (χ1) is 9.20. The summed E-state index contributed by atoms with van der Waals surface area (Å²) in [5, 5.41) is 3.30. The fourth-order valence-electron chi connectivity index (χ4n) is 2.63. The molecule has 4 heteroatoms. The van der Waals surface area contributed by atoms with Crippen molar-refractivity contribution in [2.75, 3.05) is 23.3 Å². The maximum absolute atomic E-state index is 4.69. The highest BCUT2D eigenvalue weighted by molar-refractivity contribution is 5.45. The normalized spacial score (nSPS) is 20.2. The molecule has 2 heterocycles. The van der Waals surface area contributed by atoms with E-state index in [-0.39, 0.29) is 0 Å². The average molecular weight is 262 g/mol. The Kier molecular flexibility index (Phi) is 5.00. The van der Waals surface area contributed by atoms with Crippen molar-refractivity contribution in [3.63, 3.8) is 0 Å². The number of hydrogen-bond acceptors (Lipinski definition) is 4. The Balaban J connectivity index is 2.19. The van der Waals surface area contributed by atoms with Gasteiger partial charge in [-0.2, -0.15) is 4.98 Å². The van der Waals surface area contributed by atoms with E-state index in [1.165, 1.54) is 25.7 Å². The second kappa shape index (κ2) is 6.73. The third-order valence-electron chi connectivity index (χ3n) is 3.72. The highest BCUT2D eigenvalue weighted by Crippen LogP contribution is 2.23. The van der Waals surface area contributed by atoms with E-state index in [9.17, 15) is 0 Å². The molecule has 0 saturated carbocycles. The summed E-state index contributed by atoms with van der Waals surface area (Å²) < 4.78 is 0. The van der Waals surface area contributed by atoms with Gasteiger partial charge in [-0.15, -0.1) is 0 Å². The molecule has 1 aromatic heterocycles. The first-order valence-corrected chi connectivity index (χ1v) is 7.57. The van der Waals surface area contributed by atoms with Crippen LogP contribution in [0.2, 0.25) is 0 Å². The second-order valence-corrected chi connectivity index (χ2v) is 5.51. The average Bonchev–Trinajstić information content (AvgIpc) is 2.60. The topological polar surface area (TPSA) is 41.1 Å². The van der Waals surface area contributed by atoms with Gasteiger partial charge in [0.15, 0.2) is 0 Å². The van der Waals surface area contributed by atoms with Crippen LogP contribution in [0, 0.1) is 6.92 Å². The van der Waals surface area contributed by atoms with E-state index in [1.54, 1.807) is 0 Å². The Bertz CT molecular complexity index is 405. The first-order valence-electron chi connectivity index (χ1n) is 7.57. The Hall–Kier alpha value is -1.32. The van der Waals surface area contributed by atoms with Crippen LogP contribution < -0.4 is 10.2 Å². The van der Waals surface area contributed by atoms with Crippen LogP contribution in [0.15, 0.2) is 6.07 Å². The van der Waals surface area contributed by atoms with Crippen LogP contribution >= 0.6 is 0 Å². The van der Waals surface area contributed by atoms with Gasteiger partial charge in [-0.3, -0.25) is 0 Å². The number of rotatable bonds is 4. The quantitative estimate of drug-likeness (QED) is 0.903. The fraction of sp³-hybridized carbons (Fsp3) is 0.733. The molecular formula is C15H26N4. The van der Waals surface area contributed by atoms with E-state index >= 15 is 0 Å².